The van der Waals surface area contributed by atoms with Gasteiger partial charge in [0.1, 0.15) is 0 Å². The molecular formula is C18H14N4O3S. The molecule has 130 valence electrons. The highest BCUT2D eigenvalue weighted by molar-refractivity contribution is 7.99. The normalized spacial score (nSPS) is 12.6. The highest BCUT2D eigenvalue weighted by Gasteiger charge is 2.18. The molecule has 2 aromatic carbocycles. The number of nitro groups is 1. The number of aryl methyl sites for hydroxylation is 1. The van der Waals surface area contributed by atoms with Crippen LogP contribution >= 0.6 is 11.8 Å². The maximum atomic E-state index is 12.5. The summed E-state index contributed by atoms with van der Waals surface area (Å²) in [5.41, 5.74) is 2.34. The van der Waals surface area contributed by atoms with Gasteiger partial charge in [0.05, 0.1) is 16.3 Å². The molecule has 7 nitrogen and oxygen atoms in total. The van der Waals surface area contributed by atoms with Gasteiger partial charge in [0.25, 0.3) is 11.6 Å². The van der Waals surface area contributed by atoms with E-state index < -0.39 is 10.8 Å². The number of aromatic nitrogens is 2. The minimum atomic E-state index is -0.519. The molecule has 0 saturated heterocycles. The van der Waals surface area contributed by atoms with E-state index in [-0.39, 0.29) is 11.3 Å². The minimum absolute atomic E-state index is 0.117. The fourth-order valence-corrected chi connectivity index (χ4v) is 3.75. The van der Waals surface area contributed by atoms with E-state index in [1.165, 1.54) is 18.2 Å². The molecule has 8 heteroatoms. The molecule has 1 aliphatic heterocycles. The van der Waals surface area contributed by atoms with Crippen LogP contribution in [0.4, 0.5) is 11.4 Å². The molecule has 0 spiro atoms. The van der Waals surface area contributed by atoms with Crippen molar-refractivity contribution in [3.05, 3.63) is 70.4 Å². The van der Waals surface area contributed by atoms with Crippen molar-refractivity contribution >= 4 is 29.0 Å². The number of nitrogens with one attached hydrogen (secondary N) is 1. The summed E-state index contributed by atoms with van der Waals surface area (Å²) in [5, 5.41) is 14.7. The maximum Gasteiger partial charge on any atom is 0.270 e. The predicted molar refractivity (Wildman–Crippen MR) is 99.4 cm³/mol. The van der Waals surface area contributed by atoms with E-state index in [0.29, 0.717) is 5.69 Å². The summed E-state index contributed by atoms with van der Waals surface area (Å²) in [4.78, 5) is 27.6. The zero-order valence-corrected chi connectivity index (χ0v) is 14.4. The average molecular weight is 366 g/mol. The van der Waals surface area contributed by atoms with Crippen LogP contribution in [0.2, 0.25) is 0 Å². The van der Waals surface area contributed by atoms with Gasteiger partial charge < -0.3 is 9.88 Å². The van der Waals surface area contributed by atoms with E-state index in [0.717, 1.165) is 28.7 Å². The van der Waals surface area contributed by atoms with Crippen molar-refractivity contribution in [3.8, 4) is 11.3 Å². The summed E-state index contributed by atoms with van der Waals surface area (Å²) in [6, 6.07) is 13.1. The number of para-hydroxylation sites is 1. The summed E-state index contributed by atoms with van der Waals surface area (Å²) in [6.45, 7) is 0.926. The average Bonchev–Trinajstić information content (AvgIpc) is 3.24. The molecule has 2 heterocycles. The van der Waals surface area contributed by atoms with Gasteiger partial charge in [-0.25, -0.2) is 4.98 Å². The first-order valence-corrected chi connectivity index (χ1v) is 8.95. The molecule has 1 N–H and O–H groups in total. The smallest absolute Gasteiger partial charge is 0.270 e. The Labute approximate surface area is 153 Å². The van der Waals surface area contributed by atoms with Gasteiger partial charge in [0.2, 0.25) is 0 Å². The third kappa shape index (κ3) is 3.06. The zero-order valence-electron chi connectivity index (χ0n) is 13.6. The molecule has 0 saturated carbocycles. The van der Waals surface area contributed by atoms with Gasteiger partial charge in [-0.15, -0.1) is 0 Å². The van der Waals surface area contributed by atoms with Crippen LogP contribution in [-0.4, -0.2) is 26.1 Å². The van der Waals surface area contributed by atoms with Gasteiger partial charge in [0, 0.05) is 41.8 Å². The summed E-state index contributed by atoms with van der Waals surface area (Å²) >= 11 is 1.70. The zero-order chi connectivity index (χ0) is 18.1. The lowest BCUT2D eigenvalue weighted by Gasteiger charge is -2.09. The van der Waals surface area contributed by atoms with Crippen LogP contribution in [0.3, 0.4) is 0 Å². The van der Waals surface area contributed by atoms with Crippen LogP contribution < -0.4 is 5.32 Å². The van der Waals surface area contributed by atoms with Crippen molar-refractivity contribution in [2.45, 2.75) is 11.7 Å². The number of thioether (sulfide) groups is 1. The summed E-state index contributed by atoms with van der Waals surface area (Å²) in [7, 11) is 0. The number of carbonyl (C=O) groups is 1. The molecule has 0 unspecified atom stereocenters. The van der Waals surface area contributed by atoms with Crippen LogP contribution in [0.5, 0.6) is 0 Å². The Kier molecular flexibility index (Phi) is 4.18. The van der Waals surface area contributed by atoms with E-state index in [1.54, 1.807) is 23.9 Å². The molecular weight excluding hydrogens is 352 g/mol. The fraction of sp³-hybridized carbons (Fsp3) is 0.111. The van der Waals surface area contributed by atoms with Crippen molar-refractivity contribution in [2.75, 3.05) is 11.1 Å². The molecule has 3 aromatic rings. The lowest BCUT2D eigenvalue weighted by atomic mass is 10.1. The third-order valence-corrected chi connectivity index (χ3v) is 5.04. The van der Waals surface area contributed by atoms with E-state index >= 15 is 0 Å². The first kappa shape index (κ1) is 16.3. The maximum absolute atomic E-state index is 12.5. The Morgan fingerprint density at radius 2 is 2.08 bits per heavy atom. The highest BCUT2D eigenvalue weighted by Crippen LogP contribution is 2.32. The lowest BCUT2D eigenvalue weighted by molar-refractivity contribution is -0.384. The number of anilines is 1. The molecule has 0 radical (unpaired) electrons. The Morgan fingerprint density at radius 1 is 1.23 bits per heavy atom. The number of nitro benzene ring substituents is 1. The summed E-state index contributed by atoms with van der Waals surface area (Å²) in [6.07, 6.45) is 1.98. The van der Waals surface area contributed by atoms with Crippen LogP contribution in [0, 0.1) is 10.1 Å². The molecule has 0 aliphatic carbocycles. The highest BCUT2D eigenvalue weighted by atomic mass is 32.2. The second kappa shape index (κ2) is 6.64. The van der Waals surface area contributed by atoms with Gasteiger partial charge in [0.15, 0.2) is 5.16 Å². The monoisotopic (exact) mass is 366 g/mol. The first-order chi connectivity index (χ1) is 12.6. The van der Waals surface area contributed by atoms with Gasteiger partial charge in [-0.05, 0) is 12.1 Å². The van der Waals surface area contributed by atoms with Crippen molar-refractivity contribution in [2.24, 2.45) is 0 Å². The van der Waals surface area contributed by atoms with E-state index in [4.69, 9.17) is 0 Å². The molecule has 0 bridgehead atoms. The molecule has 4 rings (SSSR count). The fourth-order valence-electron chi connectivity index (χ4n) is 2.81. The summed E-state index contributed by atoms with van der Waals surface area (Å²) < 4.78 is 2.10. The van der Waals surface area contributed by atoms with Crippen molar-refractivity contribution in [1.82, 2.24) is 9.55 Å². The number of amides is 1. The van der Waals surface area contributed by atoms with Gasteiger partial charge in [-0.2, -0.15) is 0 Å². The topological polar surface area (TPSA) is 90.1 Å². The van der Waals surface area contributed by atoms with Crippen molar-refractivity contribution in [1.29, 1.82) is 0 Å². The Balaban J connectivity index is 1.63. The Morgan fingerprint density at radius 3 is 2.88 bits per heavy atom. The number of imidazole rings is 1. The SMILES string of the molecule is O=C(Nc1ccccc1-c1cn2c(n1)SCC2)c1cccc([N+](=O)[O-])c1. The molecule has 0 atom stereocenters. The quantitative estimate of drug-likeness (QED) is 0.560. The predicted octanol–water partition coefficient (Wildman–Crippen LogP) is 3.82. The summed E-state index contributed by atoms with van der Waals surface area (Å²) in [5.74, 6) is 0.621. The van der Waals surface area contributed by atoms with Crippen molar-refractivity contribution < 1.29 is 9.72 Å². The number of hydrogen-bond acceptors (Lipinski definition) is 5. The van der Waals surface area contributed by atoms with Crippen LogP contribution in [0.25, 0.3) is 11.3 Å². The van der Waals surface area contributed by atoms with Crippen molar-refractivity contribution in [3.63, 3.8) is 0 Å². The van der Waals surface area contributed by atoms with Crippen LogP contribution in [0.15, 0.2) is 59.9 Å². The lowest BCUT2D eigenvalue weighted by Crippen LogP contribution is -2.12. The molecule has 1 amide bonds. The molecule has 1 aliphatic rings. The van der Waals surface area contributed by atoms with E-state index in [2.05, 4.69) is 14.9 Å². The van der Waals surface area contributed by atoms with E-state index in [1.807, 2.05) is 24.4 Å². The van der Waals surface area contributed by atoms with Crippen LogP contribution in [0.1, 0.15) is 10.4 Å². The Hall–Kier alpha value is -3.13. The number of nitrogens with zero attached hydrogens (tertiary/aromatic N) is 3. The number of rotatable bonds is 4. The minimum Gasteiger partial charge on any atom is -0.325 e. The standard InChI is InChI=1S/C18H14N4O3S/c23-17(12-4-3-5-13(10-12)22(24)25)19-15-7-2-1-6-14(15)16-11-21-8-9-26-18(21)20-16/h1-7,10-11H,8-9H2,(H,19,23). The number of benzene rings is 2. The van der Waals surface area contributed by atoms with Gasteiger partial charge in [-0.1, -0.05) is 36.0 Å². The van der Waals surface area contributed by atoms with E-state index in [9.17, 15) is 14.9 Å². The largest absolute Gasteiger partial charge is 0.325 e. The second-order valence-corrected chi connectivity index (χ2v) is 6.82. The molecule has 26 heavy (non-hydrogen) atoms. The second-order valence-electron chi connectivity index (χ2n) is 5.76. The van der Waals surface area contributed by atoms with Crippen LogP contribution in [-0.2, 0) is 6.54 Å². The first-order valence-electron chi connectivity index (χ1n) is 7.97. The van der Waals surface area contributed by atoms with Gasteiger partial charge in [-0.3, -0.25) is 14.9 Å². The van der Waals surface area contributed by atoms with Gasteiger partial charge >= 0.3 is 0 Å². The third-order valence-electron chi connectivity index (χ3n) is 4.07. The Bertz CT molecular complexity index is 994. The molecule has 1 aromatic heterocycles. The molecule has 0 fully saturated rings. The number of non-ortho nitro benzene ring substituents is 1. The number of hydrogen-bond donors (Lipinski definition) is 1. The number of carbonyl (C=O) groups excluding carboxylic acids is 1. The number of fused-ring (bicyclic) bond motifs is 1.